The number of hydrogen-bond acceptors (Lipinski definition) is 4. The highest BCUT2D eigenvalue weighted by atomic mass is 35.5. The van der Waals surface area contributed by atoms with Gasteiger partial charge in [0.05, 0.1) is 11.5 Å². The van der Waals surface area contributed by atoms with Gasteiger partial charge in [-0.3, -0.25) is 10.1 Å². The van der Waals surface area contributed by atoms with Gasteiger partial charge in [0, 0.05) is 23.6 Å². The molecule has 1 aromatic carbocycles. The molecule has 0 atom stereocenters. The van der Waals surface area contributed by atoms with Gasteiger partial charge in [-0.15, -0.1) is 0 Å². The predicted molar refractivity (Wildman–Crippen MR) is 54.3 cm³/mol. The molecule has 0 saturated carbocycles. The third-order valence-electron chi connectivity index (χ3n) is 1.61. The van der Waals surface area contributed by atoms with Crippen LogP contribution in [0.3, 0.4) is 0 Å². The van der Waals surface area contributed by atoms with Gasteiger partial charge >= 0.3 is 5.69 Å². The van der Waals surface area contributed by atoms with Gasteiger partial charge in [-0.25, -0.2) is 0 Å². The molecule has 1 rings (SSSR count). The summed E-state index contributed by atoms with van der Waals surface area (Å²) in [6, 6.07) is 4.02. The van der Waals surface area contributed by atoms with Crippen LogP contribution in [0.1, 0.15) is 6.42 Å². The molecule has 0 aliphatic heterocycles. The van der Waals surface area contributed by atoms with Gasteiger partial charge in [-0.1, -0.05) is 11.6 Å². The number of nitro groups is 1. The topological polar surface area (TPSA) is 69.4 Å². The number of benzene rings is 1. The van der Waals surface area contributed by atoms with Crippen molar-refractivity contribution >= 4 is 23.6 Å². The Kier molecular flexibility index (Phi) is 4.05. The normalized spacial score (nSPS) is 9.67. The van der Waals surface area contributed by atoms with Gasteiger partial charge in [0.25, 0.3) is 0 Å². The van der Waals surface area contributed by atoms with E-state index >= 15 is 0 Å². The second-order valence-corrected chi connectivity index (χ2v) is 3.11. The molecule has 6 heteroatoms. The molecular weight excluding hydrogens is 222 g/mol. The fourth-order valence-corrected chi connectivity index (χ4v) is 1.13. The molecule has 0 aromatic heterocycles. The monoisotopic (exact) mass is 229 g/mol. The first-order valence-electron chi connectivity index (χ1n) is 4.15. The number of ether oxygens (including phenoxy) is 1. The lowest BCUT2D eigenvalue weighted by molar-refractivity contribution is -0.385. The van der Waals surface area contributed by atoms with Crippen LogP contribution in [0.2, 0.25) is 5.02 Å². The number of hydrogen-bond donors (Lipinski definition) is 0. The first kappa shape index (κ1) is 11.5. The smallest absolute Gasteiger partial charge is 0.311 e. The SMILES string of the molecule is O=CCCOc1cc(Cl)ccc1[N+](=O)[O-]. The van der Waals surface area contributed by atoms with Crippen LogP contribution in [0.4, 0.5) is 5.69 Å². The zero-order valence-corrected chi connectivity index (χ0v) is 8.44. The summed E-state index contributed by atoms with van der Waals surface area (Å²) in [5.41, 5.74) is -0.162. The Balaban J connectivity index is 2.86. The predicted octanol–water partition coefficient (Wildman–Crippen LogP) is 2.22. The van der Waals surface area contributed by atoms with E-state index in [1.807, 2.05) is 0 Å². The van der Waals surface area contributed by atoms with Gasteiger partial charge in [0.1, 0.15) is 6.29 Å². The van der Waals surface area contributed by atoms with Crippen molar-refractivity contribution in [2.75, 3.05) is 6.61 Å². The van der Waals surface area contributed by atoms with E-state index in [2.05, 4.69) is 0 Å². The molecule has 0 N–H and O–H groups in total. The number of carbonyl (C=O) groups is 1. The van der Waals surface area contributed by atoms with Crippen LogP contribution >= 0.6 is 11.6 Å². The summed E-state index contributed by atoms with van der Waals surface area (Å²) in [6.45, 7) is 0.102. The molecule has 15 heavy (non-hydrogen) atoms. The van der Waals surface area contributed by atoms with Crippen molar-refractivity contribution in [1.82, 2.24) is 0 Å². The van der Waals surface area contributed by atoms with Crippen molar-refractivity contribution in [3.63, 3.8) is 0 Å². The van der Waals surface area contributed by atoms with E-state index in [9.17, 15) is 14.9 Å². The Labute approximate surface area is 90.8 Å². The van der Waals surface area contributed by atoms with Crippen LogP contribution in [0.15, 0.2) is 18.2 Å². The average molecular weight is 230 g/mol. The van der Waals surface area contributed by atoms with Crippen molar-refractivity contribution in [3.8, 4) is 5.75 Å². The van der Waals surface area contributed by atoms with Crippen molar-refractivity contribution in [2.45, 2.75) is 6.42 Å². The van der Waals surface area contributed by atoms with E-state index in [4.69, 9.17) is 16.3 Å². The molecule has 5 nitrogen and oxygen atoms in total. The summed E-state index contributed by atoms with van der Waals surface area (Å²) in [6.07, 6.45) is 0.861. The lowest BCUT2D eigenvalue weighted by Crippen LogP contribution is -2.00. The quantitative estimate of drug-likeness (QED) is 0.336. The molecule has 0 bridgehead atoms. The van der Waals surface area contributed by atoms with Gasteiger partial charge in [0.2, 0.25) is 0 Å². The molecule has 0 aliphatic carbocycles. The number of nitrogens with zero attached hydrogens (tertiary/aromatic N) is 1. The molecule has 0 radical (unpaired) electrons. The van der Waals surface area contributed by atoms with E-state index in [1.54, 1.807) is 0 Å². The second-order valence-electron chi connectivity index (χ2n) is 2.67. The zero-order valence-electron chi connectivity index (χ0n) is 7.68. The Morgan fingerprint density at radius 1 is 1.53 bits per heavy atom. The maximum absolute atomic E-state index is 10.6. The Bertz CT molecular complexity index is 380. The second kappa shape index (κ2) is 5.31. The van der Waals surface area contributed by atoms with E-state index < -0.39 is 4.92 Å². The third-order valence-corrected chi connectivity index (χ3v) is 1.85. The molecular formula is C9H8ClNO4. The van der Waals surface area contributed by atoms with Crippen molar-refractivity contribution in [1.29, 1.82) is 0 Å². The van der Waals surface area contributed by atoms with E-state index in [-0.39, 0.29) is 24.5 Å². The summed E-state index contributed by atoms with van der Waals surface area (Å²) in [7, 11) is 0. The lowest BCUT2D eigenvalue weighted by Gasteiger charge is -2.04. The largest absolute Gasteiger partial charge is 0.486 e. The Morgan fingerprint density at radius 3 is 2.87 bits per heavy atom. The van der Waals surface area contributed by atoms with E-state index in [0.29, 0.717) is 11.3 Å². The maximum atomic E-state index is 10.6. The number of nitro benzene ring substituents is 1. The number of halogens is 1. The fraction of sp³-hybridized carbons (Fsp3) is 0.222. The summed E-state index contributed by atoms with van der Waals surface area (Å²) in [5, 5.41) is 10.9. The van der Waals surface area contributed by atoms with Crippen LogP contribution in [-0.2, 0) is 4.79 Å². The third kappa shape index (κ3) is 3.21. The minimum atomic E-state index is -0.563. The lowest BCUT2D eigenvalue weighted by atomic mass is 10.3. The average Bonchev–Trinajstić information content (AvgIpc) is 2.18. The molecule has 0 aliphatic rings. The van der Waals surface area contributed by atoms with Gasteiger partial charge in [-0.2, -0.15) is 0 Å². The summed E-state index contributed by atoms with van der Waals surface area (Å²) < 4.78 is 5.06. The van der Waals surface area contributed by atoms with Gasteiger partial charge in [0.15, 0.2) is 5.75 Å². The minimum Gasteiger partial charge on any atom is -0.486 e. The van der Waals surface area contributed by atoms with Crippen LogP contribution in [-0.4, -0.2) is 17.8 Å². The maximum Gasteiger partial charge on any atom is 0.311 e. The summed E-state index contributed by atoms with van der Waals surface area (Å²) in [4.78, 5) is 20.1. The molecule has 0 spiro atoms. The molecule has 0 amide bonds. The molecule has 0 fully saturated rings. The van der Waals surface area contributed by atoms with Crippen LogP contribution in [0, 0.1) is 10.1 Å². The molecule has 0 heterocycles. The first-order valence-corrected chi connectivity index (χ1v) is 4.53. The zero-order chi connectivity index (χ0) is 11.3. The minimum absolute atomic E-state index is 0.0781. The number of carbonyl (C=O) groups excluding carboxylic acids is 1. The standard InChI is InChI=1S/C9H8ClNO4/c10-7-2-3-8(11(13)14)9(6-7)15-5-1-4-12/h2-4,6H,1,5H2. The van der Waals surface area contributed by atoms with E-state index in [1.165, 1.54) is 18.2 Å². The van der Waals surface area contributed by atoms with Crippen molar-refractivity contribution in [3.05, 3.63) is 33.3 Å². The highest BCUT2D eigenvalue weighted by Gasteiger charge is 2.14. The molecule has 0 saturated heterocycles. The van der Waals surface area contributed by atoms with Crippen LogP contribution < -0.4 is 4.74 Å². The van der Waals surface area contributed by atoms with Gasteiger partial charge in [-0.05, 0) is 6.07 Å². The Morgan fingerprint density at radius 2 is 2.27 bits per heavy atom. The van der Waals surface area contributed by atoms with E-state index in [0.717, 1.165) is 0 Å². The molecule has 0 unspecified atom stereocenters. The first-order chi connectivity index (χ1) is 7.15. The number of rotatable bonds is 5. The fourth-order valence-electron chi connectivity index (χ4n) is 0.971. The van der Waals surface area contributed by atoms with Crippen molar-refractivity contribution in [2.24, 2.45) is 0 Å². The summed E-state index contributed by atoms with van der Waals surface area (Å²) >= 11 is 5.66. The van der Waals surface area contributed by atoms with Crippen LogP contribution in [0.25, 0.3) is 0 Å². The highest BCUT2D eigenvalue weighted by molar-refractivity contribution is 6.30. The molecule has 1 aromatic rings. The highest BCUT2D eigenvalue weighted by Crippen LogP contribution is 2.29. The van der Waals surface area contributed by atoms with Crippen molar-refractivity contribution < 1.29 is 14.5 Å². The Hall–Kier alpha value is -1.62. The number of aldehydes is 1. The summed E-state index contributed by atoms with van der Waals surface area (Å²) in [5.74, 6) is 0.0781. The molecule has 80 valence electrons. The van der Waals surface area contributed by atoms with Crippen LogP contribution in [0.5, 0.6) is 5.75 Å². The van der Waals surface area contributed by atoms with Gasteiger partial charge < -0.3 is 9.53 Å².